The Kier molecular flexibility index (Phi) is 5.74. The van der Waals surface area contributed by atoms with Gasteiger partial charge in [0.15, 0.2) is 0 Å². The molecule has 0 spiro atoms. The van der Waals surface area contributed by atoms with Gasteiger partial charge in [0.05, 0.1) is 4.47 Å². The Labute approximate surface area is 138 Å². The van der Waals surface area contributed by atoms with Gasteiger partial charge in [-0.15, -0.1) is 0 Å². The average molecular weight is 365 g/mol. The molecule has 1 aromatic heterocycles. The fraction of sp³-hybridized carbons (Fsp3) is 0.375. The van der Waals surface area contributed by atoms with Gasteiger partial charge in [0.2, 0.25) is 0 Å². The van der Waals surface area contributed by atoms with Crippen molar-refractivity contribution in [2.75, 3.05) is 6.54 Å². The van der Waals surface area contributed by atoms with Crippen molar-refractivity contribution in [3.63, 3.8) is 0 Å². The maximum Gasteiger partial charge on any atom is 0.270 e. The Bertz CT molecular complexity index is 624. The third-order valence-electron chi connectivity index (χ3n) is 3.36. The number of aromatic amines is 1. The minimum absolute atomic E-state index is 0.0390. The number of nitrogens with zero attached hydrogens (tertiary/aromatic N) is 1. The first-order valence-electron chi connectivity index (χ1n) is 7.33. The molecule has 5 nitrogen and oxygen atoms in total. The van der Waals surface area contributed by atoms with Crippen LogP contribution in [0.4, 0.5) is 0 Å². The van der Waals surface area contributed by atoms with Crippen LogP contribution in [0.25, 0.3) is 11.3 Å². The normalized spacial score (nSPS) is 12.4. The number of carbonyl (C=O) groups is 1. The molecule has 0 fully saturated rings. The number of rotatable bonds is 6. The van der Waals surface area contributed by atoms with Crippen LogP contribution < -0.4 is 11.1 Å². The van der Waals surface area contributed by atoms with Gasteiger partial charge >= 0.3 is 0 Å². The zero-order valence-corrected chi connectivity index (χ0v) is 14.4. The van der Waals surface area contributed by atoms with Crippen molar-refractivity contribution in [3.8, 4) is 11.3 Å². The third kappa shape index (κ3) is 3.96. The molecular formula is C16H21BrN4O. The number of halogens is 1. The highest BCUT2D eigenvalue weighted by molar-refractivity contribution is 9.10. The molecule has 4 N–H and O–H groups in total. The Morgan fingerprint density at radius 2 is 2.05 bits per heavy atom. The lowest BCUT2D eigenvalue weighted by Crippen LogP contribution is -2.41. The molecule has 0 saturated carbocycles. The highest BCUT2D eigenvalue weighted by atomic mass is 79.9. The highest BCUT2D eigenvalue weighted by Crippen LogP contribution is 2.28. The molecule has 1 heterocycles. The van der Waals surface area contributed by atoms with Gasteiger partial charge in [-0.2, -0.15) is 5.10 Å². The molecule has 1 aromatic carbocycles. The predicted molar refractivity (Wildman–Crippen MR) is 91.5 cm³/mol. The number of carbonyl (C=O) groups excluding carboxylic acids is 1. The average Bonchev–Trinajstić information content (AvgIpc) is 2.88. The van der Waals surface area contributed by atoms with Gasteiger partial charge in [-0.25, -0.2) is 0 Å². The second kappa shape index (κ2) is 7.56. The maximum absolute atomic E-state index is 12.4. The SMILES string of the molecule is CC(C)CC(CN)NC(=O)c1[nH]nc(-c2ccccc2)c1Br. The molecular weight excluding hydrogens is 344 g/mol. The van der Waals surface area contributed by atoms with Gasteiger partial charge in [-0.05, 0) is 28.3 Å². The number of H-pyrrole nitrogens is 1. The van der Waals surface area contributed by atoms with Crippen LogP contribution in [-0.2, 0) is 0 Å². The van der Waals surface area contributed by atoms with E-state index < -0.39 is 0 Å². The Balaban J connectivity index is 2.16. The highest BCUT2D eigenvalue weighted by Gasteiger charge is 2.20. The van der Waals surface area contributed by atoms with E-state index in [1.165, 1.54) is 0 Å². The lowest BCUT2D eigenvalue weighted by Gasteiger charge is -2.18. The van der Waals surface area contributed by atoms with E-state index in [-0.39, 0.29) is 11.9 Å². The van der Waals surface area contributed by atoms with E-state index in [1.807, 2.05) is 30.3 Å². The van der Waals surface area contributed by atoms with Crippen LogP contribution in [0.15, 0.2) is 34.8 Å². The van der Waals surface area contributed by atoms with Crippen LogP contribution in [-0.4, -0.2) is 28.7 Å². The summed E-state index contributed by atoms with van der Waals surface area (Å²) in [6, 6.07) is 9.67. The number of nitrogens with one attached hydrogen (secondary N) is 2. The van der Waals surface area contributed by atoms with E-state index in [2.05, 4.69) is 45.3 Å². The first kappa shape index (κ1) is 16.7. The monoisotopic (exact) mass is 364 g/mol. The summed E-state index contributed by atoms with van der Waals surface area (Å²) in [4.78, 5) is 12.4. The Morgan fingerprint density at radius 1 is 1.36 bits per heavy atom. The van der Waals surface area contributed by atoms with E-state index >= 15 is 0 Å². The Hall–Kier alpha value is -1.66. The first-order valence-corrected chi connectivity index (χ1v) is 8.12. The van der Waals surface area contributed by atoms with Crippen molar-refractivity contribution < 1.29 is 4.79 Å². The lowest BCUT2D eigenvalue weighted by atomic mass is 10.0. The van der Waals surface area contributed by atoms with Crippen molar-refractivity contribution in [3.05, 3.63) is 40.5 Å². The van der Waals surface area contributed by atoms with Gasteiger partial charge in [0.25, 0.3) is 5.91 Å². The summed E-state index contributed by atoms with van der Waals surface area (Å²) in [5, 5.41) is 10.00. The molecule has 0 saturated heterocycles. The third-order valence-corrected chi connectivity index (χ3v) is 4.13. The lowest BCUT2D eigenvalue weighted by molar-refractivity contribution is 0.0928. The van der Waals surface area contributed by atoms with Crippen LogP contribution >= 0.6 is 15.9 Å². The van der Waals surface area contributed by atoms with Gasteiger partial charge in [0, 0.05) is 18.2 Å². The topological polar surface area (TPSA) is 83.8 Å². The van der Waals surface area contributed by atoms with Gasteiger partial charge < -0.3 is 11.1 Å². The summed E-state index contributed by atoms with van der Waals surface area (Å²) >= 11 is 3.47. The van der Waals surface area contributed by atoms with Gasteiger partial charge in [-0.1, -0.05) is 44.2 Å². The molecule has 1 unspecified atom stereocenters. The molecule has 2 aromatic rings. The van der Waals surface area contributed by atoms with Crippen molar-refractivity contribution >= 4 is 21.8 Å². The van der Waals surface area contributed by atoms with E-state index in [0.717, 1.165) is 17.7 Å². The van der Waals surface area contributed by atoms with E-state index in [9.17, 15) is 4.79 Å². The van der Waals surface area contributed by atoms with Crippen molar-refractivity contribution in [1.82, 2.24) is 15.5 Å². The van der Waals surface area contributed by atoms with Crippen molar-refractivity contribution in [2.45, 2.75) is 26.3 Å². The van der Waals surface area contributed by atoms with Crippen LogP contribution in [0.1, 0.15) is 30.8 Å². The number of aromatic nitrogens is 2. The minimum Gasteiger partial charge on any atom is -0.347 e. The number of benzene rings is 1. The van der Waals surface area contributed by atoms with Crippen LogP contribution in [0.5, 0.6) is 0 Å². The second-order valence-electron chi connectivity index (χ2n) is 5.66. The number of hydrogen-bond donors (Lipinski definition) is 3. The molecule has 0 radical (unpaired) electrons. The van der Waals surface area contributed by atoms with E-state index in [1.54, 1.807) is 0 Å². The molecule has 0 aliphatic rings. The van der Waals surface area contributed by atoms with Crippen LogP contribution in [0.3, 0.4) is 0 Å². The number of amides is 1. The van der Waals surface area contributed by atoms with E-state index in [4.69, 9.17) is 5.73 Å². The molecule has 1 amide bonds. The first-order chi connectivity index (χ1) is 10.5. The zero-order valence-electron chi connectivity index (χ0n) is 12.8. The van der Waals surface area contributed by atoms with Crippen molar-refractivity contribution in [2.24, 2.45) is 11.7 Å². The molecule has 118 valence electrons. The molecule has 2 rings (SSSR count). The van der Waals surface area contributed by atoms with Gasteiger partial charge in [-0.3, -0.25) is 9.89 Å². The summed E-state index contributed by atoms with van der Waals surface area (Å²) in [6.07, 6.45) is 0.847. The second-order valence-corrected chi connectivity index (χ2v) is 6.46. The smallest absolute Gasteiger partial charge is 0.270 e. The summed E-state index contributed by atoms with van der Waals surface area (Å²) in [5.41, 5.74) is 7.81. The largest absolute Gasteiger partial charge is 0.347 e. The summed E-state index contributed by atoms with van der Waals surface area (Å²) in [6.45, 7) is 4.63. The summed E-state index contributed by atoms with van der Waals surface area (Å²) in [7, 11) is 0. The number of nitrogens with two attached hydrogens (primary N) is 1. The quantitative estimate of drug-likeness (QED) is 0.736. The number of hydrogen-bond acceptors (Lipinski definition) is 3. The predicted octanol–water partition coefficient (Wildman–Crippen LogP) is 2.94. The molecule has 0 aliphatic heterocycles. The van der Waals surface area contributed by atoms with Crippen LogP contribution in [0, 0.1) is 5.92 Å². The summed E-state index contributed by atoms with van der Waals surface area (Å²) in [5.74, 6) is 0.275. The molecule has 0 aliphatic carbocycles. The minimum atomic E-state index is -0.197. The fourth-order valence-electron chi connectivity index (χ4n) is 2.31. The Morgan fingerprint density at radius 3 is 2.64 bits per heavy atom. The van der Waals surface area contributed by atoms with Crippen molar-refractivity contribution in [1.29, 1.82) is 0 Å². The molecule has 1 atom stereocenters. The zero-order chi connectivity index (χ0) is 16.1. The summed E-state index contributed by atoms with van der Waals surface area (Å²) < 4.78 is 0.663. The molecule has 22 heavy (non-hydrogen) atoms. The van der Waals surface area contributed by atoms with Crippen LogP contribution in [0.2, 0.25) is 0 Å². The fourth-order valence-corrected chi connectivity index (χ4v) is 2.89. The van der Waals surface area contributed by atoms with E-state index in [0.29, 0.717) is 22.6 Å². The molecule has 0 bridgehead atoms. The standard InChI is InChI=1S/C16H21BrN4O/c1-10(2)8-12(9-18)19-16(22)15-13(17)14(20-21-15)11-6-4-3-5-7-11/h3-7,10,12H,8-9,18H2,1-2H3,(H,19,22)(H,20,21). The maximum atomic E-state index is 12.4. The van der Waals surface area contributed by atoms with Gasteiger partial charge in [0.1, 0.15) is 11.4 Å². The molecule has 6 heteroatoms.